The SMILES string of the molecule is N#Cc1c(Cl)cccc1OCc1ccc(F)cc1Br. The number of rotatable bonds is 3. The molecule has 0 amide bonds. The van der Waals surface area contributed by atoms with E-state index in [4.69, 9.17) is 21.6 Å². The van der Waals surface area contributed by atoms with Crippen LogP contribution in [0.15, 0.2) is 40.9 Å². The van der Waals surface area contributed by atoms with E-state index in [0.717, 1.165) is 5.56 Å². The molecule has 2 aromatic rings. The summed E-state index contributed by atoms with van der Waals surface area (Å²) in [5.74, 6) is 0.0855. The van der Waals surface area contributed by atoms with Crippen molar-refractivity contribution >= 4 is 27.5 Å². The van der Waals surface area contributed by atoms with Crippen LogP contribution in [-0.2, 0) is 6.61 Å². The van der Waals surface area contributed by atoms with E-state index in [1.54, 1.807) is 24.3 Å². The Morgan fingerprint density at radius 2 is 2.11 bits per heavy atom. The van der Waals surface area contributed by atoms with Crippen molar-refractivity contribution in [2.45, 2.75) is 6.61 Å². The minimum Gasteiger partial charge on any atom is -0.487 e. The van der Waals surface area contributed by atoms with Crippen LogP contribution >= 0.6 is 27.5 Å². The van der Waals surface area contributed by atoms with Crippen molar-refractivity contribution in [3.8, 4) is 11.8 Å². The van der Waals surface area contributed by atoms with Crippen LogP contribution in [0.5, 0.6) is 5.75 Å². The molecule has 5 heteroatoms. The van der Waals surface area contributed by atoms with Gasteiger partial charge in [-0.15, -0.1) is 0 Å². The second-order valence-electron chi connectivity index (χ2n) is 3.75. The number of ether oxygens (including phenoxy) is 1. The highest BCUT2D eigenvalue weighted by atomic mass is 79.9. The normalized spacial score (nSPS) is 10.0. The van der Waals surface area contributed by atoms with Gasteiger partial charge in [-0.1, -0.05) is 39.7 Å². The standard InChI is InChI=1S/C14H8BrClFNO/c15-12-6-10(17)5-4-9(12)8-19-14-3-1-2-13(16)11(14)7-18/h1-6H,8H2. The molecule has 0 bridgehead atoms. The Labute approximate surface area is 123 Å². The van der Waals surface area contributed by atoms with Gasteiger partial charge in [-0.3, -0.25) is 0 Å². The first-order chi connectivity index (χ1) is 9.11. The fourth-order valence-electron chi connectivity index (χ4n) is 1.53. The van der Waals surface area contributed by atoms with Crippen LogP contribution in [-0.4, -0.2) is 0 Å². The summed E-state index contributed by atoms with van der Waals surface area (Å²) < 4.78 is 19.1. The highest BCUT2D eigenvalue weighted by molar-refractivity contribution is 9.10. The van der Waals surface area contributed by atoms with Crippen LogP contribution in [0.3, 0.4) is 0 Å². The Kier molecular flexibility index (Phi) is 4.41. The number of hydrogen-bond acceptors (Lipinski definition) is 2. The number of nitriles is 1. The fourth-order valence-corrected chi connectivity index (χ4v) is 2.20. The lowest BCUT2D eigenvalue weighted by molar-refractivity contribution is 0.304. The topological polar surface area (TPSA) is 33.0 Å². The Balaban J connectivity index is 2.20. The van der Waals surface area contributed by atoms with E-state index in [9.17, 15) is 4.39 Å². The van der Waals surface area contributed by atoms with Gasteiger partial charge in [0.15, 0.2) is 0 Å². The maximum atomic E-state index is 13.0. The van der Waals surface area contributed by atoms with Gasteiger partial charge < -0.3 is 4.74 Å². The lowest BCUT2D eigenvalue weighted by atomic mass is 10.2. The zero-order valence-corrected chi connectivity index (χ0v) is 12.0. The van der Waals surface area contributed by atoms with Crippen molar-refractivity contribution in [1.82, 2.24) is 0 Å². The van der Waals surface area contributed by atoms with E-state index in [1.165, 1.54) is 12.1 Å². The largest absolute Gasteiger partial charge is 0.487 e. The van der Waals surface area contributed by atoms with Crippen LogP contribution < -0.4 is 4.74 Å². The van der Waals surface area contributed by atoms with E-state index in [1.807, 2.05) is 6.07 Å². The quantitative estimate of drug-likeness (QED) is 0.812. The molecule has 0 atom stereocenters. The van der Waals surface area contributed by atoms with Crippen molar-refractivity contribution in [3.63, 3.8) is 0 Å². The third kappa shape index (κ3) is 3.25. The van der Waals surface area contributed by atoms with Crippen LogP contribution in [0.25, 0.3) is 0 Å². The Morgan fingerprint density at radius 1 is 1.32 bits per heavy atom. The molecule has 0 aliphatic rings. The summed E-state index contributed by atoms with van der Waals surface area (Å²) in [5, 5.41) is 9.36. The minimum absolute atomic E-state index is 0.218. The summed E-state index contributed by atoms with van der Waals surface area (Å²) in [6, 6.07) is 11.3. The van der Waals surface area contributed by atoms with E-state index < -0.39 is 0 Å². The summed E-state index contributed by atoms with van der Waals surface area (Å²) in [6.07, 6.45) is 0. The molecule has 0 spiro atoms. The van der Waals surface area contributed by atoms with E-state index >= 15 is 0 Å². The van der Waals surface area contributed by atoms with Gasteiger partial charge in [0.05, 0.1) is 5.02 Å². The van der Waals surface area contributed by atoms with Gasteiger partial charge in [0.2, 0.25) is 0 Å². The van der Waals surface area contributed by atoms with Gasteiger partial charge >= 0.3 is 0 Å². The summed E-state index contributed by atoms with van der Waals surface area (Å²) in [5.41, 5.74) is 1.08. The molecular formula is C14H8BrClFNO. The predicted molar refractivity (Wildman–Crippen MR) is 74.6 cm³/mol. The zero-order valence-electron chi connectivity index (χ0n) is 9.66. The van der Waals surface area contributed by atoms with Crippen molar-refractivity contribution < 1.29 is 9.13 Å². The number of nitrogens with zero attached hydrogens (tertiary/aromatic N) is 1. The second-order valence-corrected chi connectivity index (χ2v) is 5.01. The second kappa shape index (κ2) is 6.05. The molecule has 96 valence electrons. The molecule has 0 heterocycles. The maximum Gasteiger partial charge on any atom is 0.139 e. The van der Waals surface area contributed by atoms with Gasteiger partial charge in [0.1, 0.15) is 29.8 Å². The third-order valence-corrected chi connectivity index (χ3v) is 3.54. The first kappa shape index (κ1) is 13.9. The smallest absolute Gasteiger partial charge is 0.139 e. The van der Waals surface area contributed by atoms with E-state index in [-0.39, 0.29) is 12.4 Å². The molecule has 0 aliphatic carbocycles. The molecular weight excluding hydrogens is 333 g/mol. The number of hydrogen-bond donors (Lipinski definition) is 0. The van der Waals surface area contributed by atoms with Crippen LogP contribution in [0.1, 0.15) is 11.1 Å². The van der Waals surface area contributed by atoms with E-state index in [2.05, 4.69) is 15.9 Å². The van der Waals surface area contributed by atoms with Gasteiger partial charge in [0, 0.05) is 10.0 Å². The molecule has 2 rings (SSSR count). The molecule has 0 saturated carbocycles. The van der Waals surface area contributed by atoms with Gasteiger partial charge in [-0.25, -0.2) is 4.39 Å². The maximum absolute atomic E-state index is 13.0. The highest BCUT2D eigenvalue weighted by Gasteiger charge is 2.09. The van der Waals surface area contributed by atoms with Gasteiger partial charge in [0.25, 0.3) is 0 Å². The molecule has 0 fully saturated rings. The Morgan fingerprint density at radius 3 is 2.79 bits per heavy atom. The molecule has 0 radical (unpaired) electrons. The summed E-state index contributed by atoms with van der Waals surface area (Å²) in [7, 11) is 0. The predicted octanol–water partition coefficient (Wildman–Crippen LogP) is 4.69. The third-order valence-electron chi connectivity index (χ3n) is 2.49. The number of halogens is 3. The lowest BCUT2D eigenvalue weighted by Gasteiger charge is -2.10. The fraction of sp³-hybridized carbons (Fsp3) is 0.0714. The molecule has 0 aliphatic heterocycles. The number of benzene rings is 2. The molecule has 0 aromatic heterocycles. The first-order valence-corrected chi connectivity index (χ1v) is 6.54. The monoisotopic (exact) mass is 339 g/mol. The van der Waals surface area contributed by atoms with Crippen molar-refractivity contribution in [2.75, 3.05) is 0 Å². The van der Waals surface area contributed by atoms with Crippen molar-refractivity contribution in [3.05, 3.63) is 62.8 Å². The molecule has 2 aromatic carbocycles. The van der Waals surface area contributed by atoms with Gasteiger partial charge in [-0.2, -0.15) is 5.26 Å². The molecule has 0 saturated heterocycles. The summed E-state index contributed by atoms with van der Waals surface area (Å²) in [6.45, 7) is 0.218. The average molecular weight is 341 g/mol. The molecule has 0 unspecified atom stereocenters. The Bertz CT molecular complexity index is 654. The molecule has 19 heavy (non-hydrogen) atoms. The summed E-state index contributed by atoms with van der Waals surface area (Å²) in [4.78, 5) is 0. The van der Waals surface area contributed by atoms with Crippen LogP contribution in [0, 0.1) is 17.1 Å². The zero-order chi connectivity index (χ0) is 13.8. The average Bonchev–Trinajstić information content (AvgIpc) is 2.38. The minimum atomic E-state index is -0.323. The highest BCUT2D eigenvalue weighted by Crippen LogP contribution is 2.27. The van der Waals surface area contributed by atoms with Crippen LogP contribution in [0.2, 0.25) is 5.02 Å². The van der Waals surface area contributed by atoms with Crippen molar-refractivity contribution in [1.29, 1.82) is 5.26 Å². The first-order valence-electron chi connectivity index (χ1n) is 5.37. The van der Waals surface area contributed by atoms with Gasteiger partial charge in [-0.05, 0) is 24.3 Å². The molecule has 2 nitrogen and oxygen atoms in total. The molecule has 0 N–H and O–H groups in total. The van der Waals surface area contributed by atoms with Crippen molar-refractivity contribution in [2.24, 2.45) is 0 Å². The lowest BCUT2D eigenvalue weighted by Crippen LogP contribution is -1.99. The van der Waals surface area contributed by atoms with Crippen LogP contribution in [0.4, 0.5) is 4.39 Å². The van der Waals surface area contributed by atoms with E-state index in [0.29, 0.717) is 20.8 Å². The summed E-state index contributed by atoms with van der Waals surface area (Å²) >= 11 is 9.16. The Hall–Kier alpha value is -1.57.